The molecule has 0 aliphatic rings. The summed E-state index contributed by atoms with van der Waals surface area (Å²) in [6.07, 6.45) is -1.99. The van der Waals surface area contributed by atoms with Crippen molar-refractivity contribution in [2.45, 2.75) is 59.4 Å². The molecular weight excluding hydrogens is 533 g/mol. The zero-order valence-electron chi connectivity index (χ0n) is 24.2. The minimum Gasteiger partial charge on any atom is -0.497 e. The summed E-state index contributed by atoms with van der Waals surface area (Å²) < 4.78 is 47.9. The molecule has 0 spiro atoms. The Labute approximate surface area is 239 Å². The van der Waals surface area contributed by atoms with Crippen molar-refractivity contribution in [2.75, 3.05) is 25.5 Å². The van der Waals surface area contributed by atoms with Crippen LogP contribution in [0.5, 0.6) is 5.75 Å². The van der Waals surface area contributed by atoms with Gasteiger partial charge in [-0.05, 0) is 61.2 Å². The Morgan fingerprint density at radius 3 is 2.41 bits per heavy atom. The Bertz CT molecular complexity index is 1310. The predicted molar refractivity (Wildman–Crippen MR) is 154 cm³/mol. The number of anilines is 1. The summed E-state index contributed by atoms with van der Waals surface area (Å²) >= 11 is 0. The molecule has 1 aromatic heterocycles. The van der Waals surface area contributed by atoms with Crippen LogP contribution < -0.4 is 10.1 Å². The van der Waals surface area contributed by atoms with Crippen LogP contribution in [0.4, 0.5) is 23.7 Å². The second-order valence-corrected chi connectivity index (χ2v) is 10.5. The highest BCUT2D eigenvalue weighted by Crippen LogP contribution is 2.34. The number of hydrogen-bond donors (Lipinski definition) is 1. The van der Waals surface area contributed by atoms with Gasteiger partial charge in [-0.2, -0.15) is 13.2 Å². The third kappa shape index (κ3) is 8.77. The second-order valence-electron chi connectivity index (χ2n) is 10.5. The van der Waals surface area contributed by atoms with Crippen molar-refractivity contribution >= 4 is 17.6 Å². The highest BCUT2D eigenvalue weighted by molar-refractivity contribution is 5.93. The first kappa shape index (κ1) is 31.6. The van der Waals surface area contributed by atoms with Gasteiger partial charge < -0.3 is 24.4 Å². The van der Waals surface area contributed by atoms with Gasteiger partial charge in [0.05, 0.1) is 24.9 Å². The molecule has 0 fully saturated rings. The predicted octanol–water partition coefficient (Wildman–Crippen LogP) is 6.88. The number of para-hydroxylation sites is 1. The van der Waals surface area contributed by atoms with Crippen molar-refractivity contribution in [1.29, 1.82) is 0 Å². The van der Waals surface area contributed by atoms with E-state index in [2.05, 4.69) is 9.88 Å². The minimum atomic E-state index is -4.63. The van der Waals surface area contributed by atoms with Gasteiger partial charge in [0, 0.05) is 31.0 Å². The number of amides is 3. The summed E-state index contributed by atoms with van der Waals surface area (Å²) in [4.78, 5) is 29.9. The lowest BCUT2D eigenvalue weighted by atomic mass is 10.1. The number of halogens is 3. The SMILES string of the molecule is CCC(C)N(Cc1cccn1Cc1cccc(OC)c1)C(=O)CN(CC(C)C)C(=O)Nc1ccccc1C(F)(F)F. The van der Waals surface area contributed by atoms with Crippen LogP contribution in [0.15, 0.2) is 66.9 Å². The third-order valence-corrected chi connectivity index (χ3v) is 6.86. The standard InChI is InChI=1S/C31H39F3N4O3/c1-6-23(4)38(20-25-12-10-16-36(25)19-24-11-9-13-26(17-24)41-5)29(39)21-37(18-22(2)3)30(40)35-28-15-8-7-14-27(28)31(32,33)34/h7-17,22-23H,6,18-21H2,1-5H3,(H,35,40). The lowest BCUT2D eigenvalue weighted by Crippen LogP contribution is -2.48. The van der Waals surface area contributed by atoms with Crippen LogP contribution in [0.2, 0.25) is 0 Å². The highest BCUT2D eigenvalue weighted by atomic mass is 19.4. The molecule has 1 N–H and O–H groups in total. The molecule has 0 radical (unpaired) electrons. The summed E-state index contributed by atoms with van der Waals surface area (Å²) in [7, 11) is 1.62. The molecule has 7 nitrogen and oxygen atoms in total. The molecule has 1 heterocycles. The zero-order valence-corrected chi connectivity index (χ0v) is 24.2. The molecule has 3 aromatic rings. The first-order chi connectivity index (χ1) is 19.4. The molecular formula is C31H39F3N4O3. The van der Waals surface area contributed by atoms with E-state index in [9.17, 15) is 22.8 Å². The monoisotopic (exact) mass is 572 g/mol. The molecule has 3 amide bonds. The molecule has 1 unspecified atom stereocenters. The molecule has 41 heavy (non-hydrogen) atoms. The maximum atomic E-state index is 13.7. The van der Waals surface area contributed by atoms with Crippen LogP contribution in [0.1, 0.15) is 50.9 Å². The topological polar surface area (TPSA) is 66.8 Å². The van der Waals surface area contributed by atoms with Crippen LogP contribution >= 0.6 is 0 Å². The number of carbonyl (C=O) groups is 2. The quantitative estimate of drug-likeness (QED) is 0.257. The number of aromatic nitrogens is 1. The lowest BCUT2D eigenvalue weighted by Gasteiger charge is -2.32. The Morgan fingerprint density at radius 2 is 1.76 bits per heavy atom. The number of rotatable bonds is 12. The molecule has 3 rings (SSSR count). The van der Waals surface area contributed by atoms with E-state index in [1.807, 2.05) is 70.3 Å². The van der Waals surface area contributed by atoms with Crippen molar-refractivity contribution in [3.8, 4) is 5.75 Å². The van der Waals surface area contributed by atoms with Crippen molar-refractivity contribution in [3.05, 3.63) is 83.7 Å². The van der Waals surface area contributed by atoms with E-state index in [1.165, 1.54) is 23.1 Å². The second kappa shape index (κ2) is 14.1. The number of hydrogen-bond acceptors (Lipinski definition) is 3. The van der Waals surface area contributed by atoms with Crippen LogP contribution in [0, 0.1) is 5.92 Å². The van der Waals surface area contributed by atoms with Crippen molar-refractivity contribution < 1.29 is 27.5 Å². The summed E-state index contributed by atoms with van der Waals surface area (Å²) in [6.45, 7) is 8.53. The Morgan fingerprint density at radius 1 is 1.02 bits per heavy atom. The van der Waals surface area contributed by atoms with Crippen molar-refractivity contribution in [3.63, 3.8) is 0 Å². The van der Waals surface area contributed by atoms with Gasteiger partial charge in [-0.25, -0.2) is 4.79 Å². The van der Waals surface area contributed by atoms with E-state index in [0.717, 1.165) is 23.1 Å². The Kier molecular flexibility index (Phi) is 10.9. The number of nitrogens with zero attached hydrogens (tertiary/aromatic N) is 3. The Hall–Kier alpha value is -3.95. The van der Waals surface area contributed by atoms with Crippen LogP contribution in [-0.2, 0) is 24.1 Å². The molecule has 0 saturated heterocycles. The Balaban J connectivity index is 1.80. The van der Waals surface area contributed by atoms with E-state index in [4.69, 9.17) is 4.74 Å². The maximum absolute atomic E-state index is 13.7. The fraction of sp³-hybridized carbons (Fsp3) is 0.419. The minimum absolute atomic E-state index is 0.0106. The summed E-state index contributed by atoms with van der Waals surface area (Å²) in [6, 6.07) is 15.6. The summed E-state index contributed by atoms with van der Waals surface area (Å²) in [5.41, 5.74) is 0.671. The average molecular weight is 573 g/mol. The van der Waals surface area contributed by atoms with E-state index in [0.29, 0.717) is 19.5 Å². The lowest BCUT2D eigenvalue weighted by molar-refractivity contribution is -0.137. The molecule has 1 atom stereocenters. The highest BCUT2D eigenvalue weighted by Gasteiger charge is 2.34. The molecule has 0 aliphatic heterocycles. The van der Waals surface area contributed by atoms with E-state index in [-0.39, 0.29) is 36.6 Å². The number of carbonyl (C=O) groups excluding carboxylic acids is 2. The molecule has 10 heteroatoms. The van der Waals surface area contributed by atoms with Crippen LogP contribution in [0.3, 0.4) is 0 Å². The van der Waals surface area contributed by atoms with Gasteiger partial charge in [0.25, 0.3) is 0 Å². The normalized spacial score (nSPS) is 12.2. The van der Waals surface area contributed by atoms with Gasteiger partial charge in [0.2, 0.25) is 5.91 Å². The molecule has 2 aromatic carbocycles. The van der Waals surface area contributed by atoms with Crippen molar-refractivity contribution in [1.82, 2.24) is 14.4 Å². The van der Waals surface area contributed by atoms with Gasteiger partial charge in [-0.3, -0.25) is 4.79 Å². The third-order valence-electron chi connectivity index (χ3n) is 6.86. The van der Waals surface area contributed by atoms with Crippen LogP contribution in [0.25, 0.3) is 0 Å². The zero-order chi connectivity index (χ0) is 30.2. The first-order valence-corrected chi connectivity index (χ1v) is 13.7. The van der Waals surface area contributed by atoms with E-state index < -0.39 is 17.8 Å². The fourth-order valence-corrected chi connectivity index (χ4v) is 4.55. The number of nitrogens with one attached hydrogen (secondary N) is 1. The first-order valence-electron chi connectivity index (χ1n) is 13.7. The number of methoxy groups -OCH3 is 1. The molecule has 0 bridgehead atoms. The van der Waals surface area contributed by atoms with Crippen LogP contribution in [-0.4, -0.2) is 52.5 Å². The summed E-state index contributed by atoms with van der Waals surface area (Å²) in [5, 5.41) is 2.38. The molecule has 222 valence electrons. The van der Waals surface area contributed by atoms with Crippen molar-refractivity contribution in [2.24, 2.45) is 5.92 Å². The van der Waals surface area contributed by atoms with Gasteiger partial charge in [-0.1, -0.05) is 45.0 Å². The van der Waals surface area contributed by atoms with E-state index in [1.54, 1.807) is 12.0 Å². The number of urea groups is 1. The largest absolute Gasteiger partial charge is 0.497 e. The fourth-order valence-electron chi connectivity index (χ4n) is 4.55. The van der Waals surface area contributed by atoms with E-state index >= 15 is 0 Å². The average Bonchev–Trinajstić information content (AvgIpc) is 3.36. The molecule has 0 saturated carbocycles. The summed E-state index contributed by atoms with van der Waals surface area (Å²) in [5.74, 6) is 0.464. The smallest absolute Gasteiger partial charge is 0.418 e. The van der Waals surface area contributed by atoms with Gasteiger partial charge in [0.1, 0.15) is 12.3 Å². The van der Waals surface area contributed by atoms with Gasteiger partial charge in [0.15, 0.2) is 0 Å². The molecule has 0 aliphatic carbocycles. The van der Waals surface area contributed by atoms with Gasteiger partial charge >= 0.3 is 12.2 Å². The van der Waals surface area contributed by atoms with Gasteiger partial charge in [-0.15, -0.1) is 0 Å². The number of alkyl halides is 3. The number of ether oxygens (including phenoxy) is 1. The number of benzene rings is 2. The maximum Gasteiger partial charge on any atom is 0.418 e.